The van der Waals surface area contributed by atoms with Crippen molar-refractivity contribution in [2.45, 2.75) is 11.3 Å². The van der Waals surface area contributed by atoms with E-state index in [0.29, 0.717) is 23.3 Å². The first-order chi connectivity index (χ1) is 12.3. The molecule has 9 heteroatoms. The number of nitrogens with zero attached hydrogens (tertiary/aromatic N) is 1. The van der Waals surface area contributed by atoms with Crippen molar-refractivity contribution in [2.24, 2.45) is 5.92 Å². The fourth-order valence-electron chi connectivity index (χ4n) is 2.78. The maximum Gasteiger partial charge on any atom is 0.243 e. The Morgan fingerprint density at radius 3 is 2.54 bits per heavy atom. The van der Waals surface area contributed by atoms with Crippen LogP contribution in [0, 0.1) is 17.6 Å². The Bertz CT molecular complexity index is 936. The highest BCUT2D eigenvalue weighted by Gasteiger charge is 2.32. The van der Waals surface area contributed by atoms with Crippen LogP contribution in [0.3, 0.4) is 0 Å². The summed E-state index contributed by atoms with van der Waals surface area (Å²) in [6.07, 6.45) is 0.150. The molecule has 26 heavy (non-hydrogen) atoms. The molecule has 0 aromatic heterocycles. The number of halogens is 3. The Labute approximate surface area is 154 Å². The van der Waals surface area contributed by atoms with Crippen molar-refractivity contribution in [2.75, 3.05) is 18.0 Å². The molecule has 2 aromatic rings. The van der Waals surface area contributed by atoms with Crippen molar-refractivity contribution in [1.82, 2.24) is 4.72 Å². The molecule has 138 valence electrons. The number of carbonyl (C=O) groups is 1. The van der Waals surface area contributed by atoms with Crippen LogP contribution in [-0.4, -0.2) is 27.4 Å². The van der Waals surface area contributed by atoms with Crippen LogP contribution in [0.4, 0.5) is 14.5 Å². The van der Waals surface area contributed by atoms with Gasteiger partial charge in [0.25, 0.3) is 0 Å². The monoisotopic (exact) mass is 400 g/mol. The Balaban J connectivity index is 1.68. The fraction of sp³-hybridized carbons (Fsp3) is 0.235. The highest BCUT2D eigenvalue weighted by Crippen LogP contribution is 2.26. The van der Waals surface area contributed by atoms with E-state index in [2.05, 4.69) is 4.72 Å². The third-order valence-corrected chi connectivity index (χ3v) is 5.78. The zero-order chi connectivity index (χ0) is 18.9. The first-order valence-electron chi connectivity index (χ1n) is 7.77. The molecule has 1 heterocycles. The van der Waals surface area contributed by atoms with Crippen LogP contribution in [-0.2, 0) is 14.8 Å². The molecular weight excluding hydrogens is 386 g/mol. The van der Waals surface area contributed by atoms with Crippen LogP contribution in [0.25, 0.3) is 0 Å². The number of hydrogen-bond donors (Lipinski definition) is 1. The van der Waals surface area contributed by atoms with Crippen molar-refractivity contribution >= 4 is 33.2 Å². The first kappa shape index (κ1) is 18.8. The Hall–Kier alpha value is -2.03. The second-order valence-electron chi connectivity index (χ2n) is 5.98. The van der Waals surface area contributed by atoms with Gasteiger partial charge in [-0.1, -0.05) is 11.6 Å². The average molecular weight is 401 g/mol. The maximum absolute atomic E-state index is 13.7. The van der Waals surface area contributed by atoms with E-state index in [9.17, 15) is 22.0 Å². The molecule has 0 aliphatic carbocycles. The number of hydrogen-bond acceptors (Lipinski definition) is 3. The lowest BCUT2D eigenvalue weighted by Crippen LogP contribution is -2.31. The van der Waals surface area contributed by atoms with Gasteiger partial charge in [0, 0.05) is 30.2 Å². The van der Waals surface area contributed by atoms with Gasteiger partial charge in [-0.3, -0.25) is 4.79 Å². The molecule has 3 rings (SSSR count). The van der Waals surface area contributed by atoms with E-state index in [1.54, 1.807) is 24.3 Å². The first-order valence-corrected chi connectivity index (χ1v) is 9.63. The van der Waals surface area contributed by atoms with Crippen LogP contribution in [0.5, 0.6) is 0 Å². The van der Waals surface area contributed by atoms with Gasteiger partial charge in [-0.2, -0.15) is 0 Å². The molecule has 5 nitrogen and oxygen atoms in total. The predicted octanol–water partition coefficient (Wildman–Crippen LogP) is 2.95. The van der Waals surface area contributed by atoms with Gasteiger partial charge in [-0.25, -0.2) is 21.9 Å². The van der Waals surface area contributed by atoms with Gasteiger partial charge in [0.15, 0.2) is 0 Å². The van der Waals surface area contributed by atoms with Gasteiger partial charge in [0.2, 0.25) is 15.9 Å². The summed E-state index contributed by atoms with van der Waals surface area (Å²) in [5, 5.41) is 0.543. The second kappa shape index (κ2) is 7.30. The third kappa shape index (κ3) is 4.03. The average Bonchev–Trinajstić information content (AvgIpc) is 2.97. The van der Waals surface area contributed by atoms with E-state index in [1.165, 1.54) is 4.90 Å². The molecule has 1 amide bonds. The molecule has 1 aliphatic rings. The number of amides is 1. The molecule has 1 saturated heterocycles. The van der Waals surface area contributed by atoms with Gasteiger partial charge in [0.1, 0.15) is 16.5 Å². The van der Waals surface area contributed by atoms with E-state index in [0.717, 1.165) is 12.1 Å². The highest BCUT2D eigenvalue weighted by molar-refractivity contribution is 7.89. The molecule has 1 aliphatic heterocycles. The van der Waals surface area contributed by atoms with Gasteiger partial charge >= 0.3 is 0 Å². The third-order valence-electron chi connectivity index (χ3n) is 4.09. The normalized spacial score (nSPS) is 17.7. The summed E-state index contributed by atoms with van der Waals surface area (Å²) in [6.45, 7) is 0.253. The number of benzene rings is 2. The minimum Gasteiger partial charge on any atom is -0.312 e. The molecule has 0 saturated carbocycles. The molecule has 2 aromatic carbocycles. The molecule has 0 bridgehead atoms. The zero-order valence-electron chi connectivity index (χ0n) is 13.5. The van der Waals surface area contributed by atoms with Crippen LogP contribution in [0.15, 0.2) is 47.4 Å². The summed E-state index contributed by atoms with van der Waals surface area (Å²) < 4.78 is 53.6. The molecule has 0 radical (unpaired) electrons. The number of rotatable bonds is 5. The molecule has 1 atom stereocenters. The fourth-order valence-corrected chi connectivity index (χ4v) is 4.11. The molecule has 0 spiro atoms. The number of sulfonamides is 1. The van der Waals surface area contributed by atoms with Gasteiger partial charge in [0.05, 0.1) is 0 Å². The van der Waals surface area contributed by atoms with Crippen LogP contribution in [0.1, 0.15) is 6.42 Å². The Kier molecular flexibility index (Phi) is 5.27. The van der Waals surface area contributed by atoms with E-state index in [1.807, 2.05) is 0 Å². The standard InChI is InChI=1S/C17H15ClF2N2O3S/c18-12-1-4-14(5-2-12)22-10-11(7-17(22)23)9-21-26(24,25)16-8-13(19)3-6-15(16)20/h1-6,8,11,21H,7,9-10H2/t11-/m1/s1. The number of nitrogens with one attached hydrogen (secondary N) is 1. The van der Waals surface area contributed by atoms with Crippen molar-refractivity contribution in [1.29, 1.82) is 0 Å². The highest BCUT2D eigenvalue weighted by atomic mass is 35.5. The number of carbonyl (C=O) groups excluding carboxylic acids is 1. The van der Waals surface area contributed by atoms with E-state index < -0.39 is 26.6 Å². The topological polar surface area (TPSA) is 66.5 Å². The quantitative estimate of drug-likeness (QED) is 0.839. The minimum absolute atomic E-state index is 0.0614. The van der Waals surface area contributed by atoms with E-state index in [4.69, 9.17) is 11.6 Å². The molecular formula is C17H15ClF2N2O3S. The largest absolute Gasteiger partial charge is 0.312 e. The van der Waals surface area contributed by atoms with Gasteiger partial charge in [-0.05, 0) is 48.4 Å². The zero-order valence-corrected chi connectivity index (χ0v) is 15.0. The van der Waals surface area contributed by atoms with Crippen molar-refractivity contribution in [3.05, 3.63) is 59.1 Å². The lowest BCUT2D eigenvalue weighted by atomic mass is 10.1. The molecule has 1 fully saturated rings. The Morgan fingerprint density at radius 1 is 1.15 bits per heavy atom. The van der Waals surface area contributed by atoms with Crippen LogP contribution in [0.2, 0.25) is 5.02 Å². The lowest BCUT2D eigenvalue weighted by molar-refractivity contribution is -0.117. The van der Waals surface area contributed by atoms with Crippen LogP contribution < -0.4 is 9.62 Å². The minimum atomic E-state index is -4.22. The van der Waals surface area contributed by atoms with Gasteiger partial charge < -0.3 is 4.90 Å². The predicted molar refractivity (Wildman–Crippen MR) is 93.5 cm³/mol. The molecule has 1 N–H and O–H groups in total. The van der Waals surface area contributed by atoms with Crippen molar-refractivity contribution in [3.63, 3.8) is 0 Å². The van der Waals surface area contributed by atoms with Gasteiger partial charge in [-0.15, -0.1) is 0 Å². The summed E-state index contributed by atoms with van der Waals surface area (Å²) in [7, 11) is -4.22. The van der Waals surface area contributed by atoms with E-state index >= 15 is 0 Å². The maximum atomic E-state index is 13.7. The van der Waals surface area contributed by atoms with Crippen molar-refractivity contribution < 1.29 is 22.0 Å². The summed E-state index contributed by atoms with van der Waals surface area (Å²) >= 11 is 5.83. The Morgan fingerprint density at radius 2 is 1.85 bits per heavy atom. The second-order valence-corrected chi connectivity index (χ2v) is 8.15. The number of anilines is 1. The molecule has 0 unspecified atom stereocenters. The SMILES string of the molecule is O=C1C[C@H](CNS(=O)(=O)c2cc(F)ccc2F)CN1c1ccc(Cl)cc1. The van der Waals surface area contributed by atoms with Crippen LogP contribution >= 0.6 is 11.6 Å². The summed E-state index contributed by atoms with van der Waals surface area (Å²) in [5.41, 5.74) is 0.668. The summed E-state index contributed by atoms with van der Waals surface area (Å²) in [6, 6.07) is 8.94. The smallest absolute Gasteiger partial charge is 0.243 e. The van der Waals surface area contributed by atoms with E-state index in [-0.39, 0.29) is 24.8 Å². The summed E-state index contributed by atoms with van der Waals surface area (Å²) in [5.74, 6) is -2.32. The lowest BCUT2D eigenvalue weighted by Gasteiger charge is -2.17. The summed E-state index contributed by atoms with van der Waals surface area (Å²) in [4.78, 5) is 13.0. The van der Waals surface area contributed by atoms with Crippen molar-refractivity contribution in [3.8, 4) is 0 Å².